The molecule has 84 valence electrons. The number of esters is 1. The molecule has 0 spiro atoms. The summed E-state index contributed by atoms with van der Waals surface area (Å²) in [6.45, 7) is 1.08. The number of nitrogens with two attached hydrogens (primary N) is 1. The van der Waals surface area contributed by atoms with E-state index in [2.05, 4.69) is 9.47 Å². The molecule has 2 N–H and O–H groups in total. The first-order valence-electron chi connectivity index (χ1n) is 3.99. The third kappa shape index (κ3) is 6.67. The van der Waals surface area contributed by atoms with Gasteiger partial charge in [-0.1, -0.05) is 0 Å². The molecule has 1 atom stereocenters. The summed E-state index contributed by atoms with van der Waals surface area (Å²) in [6.07, 6.45) is -4.91. The molecular formula is C7H12F3NO3. The summed E-state index contributed by atoms with van der Waals surface area (Å²) in [4.78, 5) is 10.8. The minimum atomic E-state index is -4.69. The Labute approximate surface area is 79.2 Å². The number of rotatable bonds is 5. The third-order valence-corrected chi connectivity index (χ3v) is 1.28. The number of hydrogen-bond acceptors (Lipinski definition) is 4. The molecule has 0 aromatic rings. The van der Waals surface area contributed by atoms with Crippen LogP contribution in [0.4, 0.5) is 13.2 Å². The molecule has 0 heterocycles. The molecule has 0 aromatic carbocycles. The molecule has 4 nitrogen and oxygen atoms in total. The van der Waals surface area contributed by atoms with Crippen LogP contribution in [0.2, 0.25) is 0 Å². The minimum absolute atomic E-state index is 0.145. The van der Waals surface area contributed by atoms with Crippen molar-refractivity contribution >= 4 is 5.97 Å². The number of alkyl halides is 3. The molecule has 0 aliphatic carbocycles. The average Bonchev–Trinajstić information content (AvgIpc) is 2.02. The van der Waals surface area contributed by atoms with Crippen molar-refractivity contribution in [3.63, 3.8) is 0 Å². The third-order valence-electron chi connectivity index (χ3n) is 1.28. The highest BCUT2D eigenvalue weighted by molar-refractivity contribution is 5.75. The van der Waals surface area contributed by atoms with Crippen LogP contribution in [0.15, 0.2) is 0 Å². The van der Waals surface area contributed by atoms with E-state index < -0.39 is 25.0 Å². The van der Waals surface area contributed by atoms with Gasteiger partial charge in [-0.25, -0.2) is 0 Å². The zero-order valence-corrected chi connectivity index (χ0v) is 7.63. The normalized spacial score (nSPS) is 13.8. The van der Waals surface area contributed by atoms with Gasteiger partial charge in [0.1, 0.15) is 6.04 Å². The van der Waals surface area contributed by atoms with Gasteiger partial charge in [0.05, 0.1) is 13.2 Å². The fourth-order valence-electron chi connectivity index (χ4n) is 0.669. The number of halogens is 3. The van der Waals surface area contributed by atoms with Gasteiger partial charge in [-0.2, -0.15) is 0 Å². The first kappa shape index (κ1) is 13.2. The molecule has 0 saturated heterocycles. The van der Waals surface area contributed by atoms with Gasteiger partial charge < -0.3 is 10.5 Å². The molecule has 0 fully saturated rings. The molecule has 0 aromatic heterocycles. The van der Waals surface area contributed by atoms with Gasteiger partial charge in [-0.05, 0) is 13.3 Å². The summed E-state index contributed by atoms with van der Waals surface area (Å²) in [5, 5.41) is 0. The van der Waals surface area contributed by atoms with Crippen molar-refractivity contribution in [3.05, 3.63) is 0 Å². The van der Waals surface area contributed by atoms with Crippen molar-refractivity contribution in [3.8, 4) is 0 Å². The van der Waals surface area contributed by atoms with Gasteiger partial charge in [0, 0.05) is 0 Å². The maximum Gasteiger partial charge on any atom is 0.522 e. The molecule has 7 heteroatoms. The molecule has 0 aliphatic rings. The Kier molecular flexibility index (Phi) is 5.47. The topological polar surface area (TPSA) is 61.5 Å². The SMILES string of the molecule is CCOC(=O)C(N)CCOC(F)(F)F. The van der Waals surface area contributed by atoms with Gasteiger partial charge in [0.25, 0.3) is 0 Å². The van der Waals surface area contributed by atoms with Gasteiger partial charge in [0.15, 0.2) is 0 Å². The zero-order chi connectivity index (χ0) is 11.2. The molecule has 0 saturated carbocycles. The van der Waals surface area contributed by atoms with E-state index in [9.17, 15) is 18.0 Å². The van der Waals surface area contributed by atoms with Crippen LogP contribution in [-0.2, 0) is 14.3 Å². The quantitative estimate of drug-likeness (QED) is 0.689. The zero-order valence-electron chi connectivity index (χ0n) is 7.63. The van der Waals surface area contributed by atoms with Crippen LogP contribution in [0.3, 0.4) is 0 Å². The largest absolute Gasteiger partial charge is 0.522 e. The van der Waals surface area contributed by atoms with Crippen LogP contribution in [0.1, 0.15) is 13.3 Å². The Morgan fingerprint density at radius 3 is 2.50 bits per heavy atom. The standard InChI is InChI=1S/C7H12F3NO3/c1-2-13-6(12)5(11)3-4-14-7(8,9)10/h5H,2-4,11H2,1H3. The van der Waals surface area contributed by atoms with Crippen molar-refractivity contribution in [2.75, 3.05) is 13.2 Å². The van der Waals surface area contributed by atoms with E-state index in [1.807, 2.05) is 0 Å². The maximum atomic E-state index is 11.5. The Morgan fingerprint density at radius 2 is 2.07 bits per heavy atom. The van der Waals surface area contributed by atoms with Crippen LogP contribution in [0.5, 0.6) is 0 Å². The number of carbonyl (C=O) groups excluding carboxylic acids is 1. The fraction of sp³-hybridized carbons (Fsp3) is 0.857. The first-order chi connectivity index (χ1) is 6.37. The fourth-order valence-corrected chi connectivity index (χ4v) is 0.669. The summed E-state index contributed by atoms with van der Waals surface area (Å²) in [6, 6.07) is -1.07. The Bertz CT molecular complexity index is 184. The molecule has 0 aliphatic heterocycles. The second kappa shape index (κ2) is 5.82. The first-order valence-corrected chi connectivity index (χ1v) is 3.99. The molecule has 0 amide bonds. The van der Waals surface area contributed by atoms with E-state index >= 15 is 0 Å². The van der Waals surface area contributed by atoms with Crippen molar-refractivity contribution in [1.82, 2.24) is 0 Å². The lowest BCUT2D eigenvalue weighted by Gasteiger charge is -2.11. The molecular weight excluding hydrogens is 203 g/mol. The van der Waals surface area contributed by atoms with Crippen LogP contribution in [0, 0.1) is 0 Å². The highest BCUT2D eigenvalue weighted by Crippen LogP contribution is 2.16. The minimum Gasteiger partial charge on any atom is -0.465 e. The second-order valence-electron chi connectivity index (χ2n) is 2.44. The monoisotopic (exact) mass is 215 g/mol. The maximum absolute atomic E-state index is 11.5. The summed E-state index contributed by atoms with van der Waals surface area (Å²) in [5.41, 5.74) is 5.21. The highest BCUT2D eigenvalue weighted by atomic mass is 19.4. The van der Waals surface area contributed by atoms with Crippen LogP contribution < -0.4 is 5.73 Å². The summed E-state index contributed by atoms with van der Waals surface area (Å²) in [7, 11) is 0. The molecule has 0 rings (SSSR count). The predicted octanol–water partition coefficient (Wildman–Crippen LogP) is 0.803. The predicted molar refractivity (Wildman–Crippen MR) is 41.2 cm³/mol. The van der Waals surface area contributed by atoms with E-state index in [1.165, 1.54) is 0 Å². The smallest absolute Gasteiger partial charge is 0.465 e. The summed E-state index contributed by atoms with van der Waals surface area (Å²) in [5.74, 6) is -0.724. The Balaban J connectivity index is 3.63. The van der Waals surface area contributed by atoms with Gasteiger partial charge >= 0.3 is 12.3 Å². The van der Waals surface area contributed by atoms with Gasteiger partial charge in [-0.15, -0.1) is 13.2 Å². The van der Waals surface area contributed by atoms with E-state index in [0.29, 0.717) is 0 Å². The highest BCUT2D eigenvalue weighted by Gasteiger charge is 2.29. The lowest BCUT2D eigenvalue weighted by molar-refractivity contribution is -0.324. The lowest BCUT2D eigenvalue weighted by Crippen LogP contribution is -2.34. The molecule has 0 bridgehead atoms. The summed E-state index contributed by atoms with van der Waals surface area (Å²) >= 11 is 0. The summed E-state index contributed by atoms with van der Waals surface area (Å²) < 4.78 is 42.4. The molecule has 14 heavy (non-hydrogen) atoms. The van der Waals surface area contributed by atoms with E-state index in [-0.39, 0.29) is 13.0 Å². The Hall–Kier alpha value is -0.820. The van der Waals surface area contributed by atoms with Gasteiger partial charge in [0.2, 0.25) is 0 Å². The molecule has 0 radical (unpaired) electrons. The Morgan fingerprint density at radius 1 is 1.50 bits per heavy atom. The van der Waals surface area contributed by atoms with Crippen molar-refractivity contribution in [2.24, 2.45) is 5.73 Å². The van der Waals surface area contributed by atoms with Gasteiger partial charge in [-0.3, -0.25) is 9.53 Å². The number of ether oxygens (including phenoxy) is 2. The van der Waals surface area contributed by atoms with Crippen LogP contribution in [0.25, 0.3) is 0 Å². The lowest BCUT2D eigenvalue weighted by atomic mass is 10.2. The number of hydrogen-bond donors (Lipinski definition) is 1. The second-order valence-corrected chi connectivity index (χ2v) is 2.44. The van der Waals surface area contributed by atoms with E-state index in [0.717, 1.165) is 0 Å². The van der Waals surface area contributed by atoms with Crippen molar-refractivity contribution in [1.29, 1.82) is 0 Å². The van der Waals surface area contributed by atoms with Crippen molar-refractivity contribution < 1.29 is 27.4 Å². The van der Waals surface area contributed by atoms with Crippen LogP contribution in [-0.4, -0.2) is 31.6 Å². The van der Waals surface area contributed by atoms with Crippen LogP contribution >= 0.6 is 0 Å². The van der Waals surface area contributed by atoms with Crippen molar-refractivity contribution in [2.45, 2.75) is 25.7 Å². The van der Waals surface area contributed by atoms with E-state index in [1.54, 1.807) is 6.92 Å². The van der Waals surface area contributed by atoms with E-state index in [4.69, 9.17) is 5.73 Å². The number of carbonyl (C=O) groups is 1. The average molecular weight is 215 g/mol. The molecule has 1 unspecified atom stereocenters.